The van der Waals surface area contributed by atoms with E-state index >= 15 is 0 Å². The van der Waals surface area contributed by atoms with Gasteiger partial charge in [-0.1, -0.05) is 153 Å². The Morgan fingerprint density at radius 3 is 1.48 bits per heavy atom. The van der Waals surface area contributed by atoms with Gasteiger partial charge in [-0.25, -0.2) is 0 Å². The predicted octanol–water partition coefficient (Wildman–Crippen LogP) is 13.0. The quantitative estimate of drug-likeness (QED) is 0.0444. The summed E-state index contributed by atoms with van der Waals surface area (Å²) in [5, 5.41) is 8.74. The van der Waals surface area contributed by atoms with Crippen molar-refractivity contribution in [3.8, 4) is 0 Å². The molecular weight excluding hydrogens is 544 g/mol. The summed E-state index contributed by atoms with van der Waals surface area (Å²) < 4.78 is 6.00. The number of carbonyl (C=O) groups is 2. The SMILES string of the molecule is CC/C=C\C/C=C\C/C=C\CCCCCCCCCC(=O)OC(CCCCCCCCC)CCCCCCCCCC(=O)O. The minimum atomic E-state index is -0.688. The fourth-order valence-electron chi connectivity index (χ4n) is 5.61. The first-order valence-electron chi connectivity index (χ1n) is 19.0. The normalized spacial score (nSPS) is 12.6. The largest absolute Gasteiger partial charge is 0.481 e. The molecule has 0 amide bonds. The van der Waals surface area contributed by atoms with Crippen molar-refractivity contribution in [1.29, 1.82) is 0 Å². The fraction of sp³-hybridized carbons (Fsp3) is 0.800. The Hall–Kier alpha value is -1.84. The molecule has 0 heterocycles. The molecule has 0 aliphatic carbocycles. The number of hydrogen-bond donors (Lipinski definition) is 1. The highest BCUT2D eigenvalue weighted by Crippen LogP contribution is 2.19. The van der Waals surface area contributed by atoms with E-state index in [0.29, 0.717) is 12.8 Å². The van der Waals surface area contributed by atoms with Gasteiger partial charge in [-0.2, -0.15) is 0 Å². The zero-order chi connectivity index (χ0) is 32.2. The molecule has 0 radical (unpaired) electrons. The van der Waals surface area contributed by atoms with Crippen LogP contribution < -0.4 is 0 Å². The van der Waals surface area contributed by atoms with Gasteiger partial charge in [0.1, 0.15) is 6.10 Å². The number of carboxylic acid groups (broad SMARTS) is 1. The first-order valence-corrected chi connectivity index (χ1v) is 19.0. The van der Waals surface area contributed by atoms with Crippen molar-refractivity contribution in [2.45, 2.75) is 206 Å². The molecule has 256 valence electrons. The lowest BCUT2D eigenvalue weighted by Crippen LogP contribution is -2.18. The van der Waals surface area contributed by atoms with Crippen LogP contribution in [0.4, 0.5) is 0 Å². The van der Waals surface area contributed by atoms with Crippen LogP contribution in [0.2, 0.25) is 0 Å². The Balaban J connectivity index is 3.97. The summed E-state index contributed by atoms with van der Waals surface area (Å²) in [6.45, 7) is 4.42. The van der Waals surface area contributed by atoms with Crippen molar-refractivity contribution in [1.82, 2.24) is 0 Å². The standard InChI is InChI=1S/C40H72O4/c1-3-5-7-9-11-12-13-14-15-16-17-18-19-20-25-29-33-37-40(43)44-38(34-30-26-22-10-8-6-4-2)35-31-27-23-21-24-28-32-36-39(41)42/h5,7,11-12,14-15,38H,3-4,6,8-10,13,16-37H2,1-2H3,(H,41,42)/b7-5-,12-11-,15-14-. The van der Waals surface area contributed by atoms with Gasteiger partial charge in [0.2, 0.25) is 0 Å². The summed E-state index contributed by atoms with van der Waals surface area (Å²) in [5.41, 5.74) is 0. The number of carboxylic acids is 1. The van der Waals surface area contributed by atoms with E-state index in [4.69, 9.17) is 9.84 Å². The average Bonchev–Trinajstić information content (AvgIpc) is 3.00. The van der Waals surface area contributed by atoms with Crippen molar-refractivity contribution < 1.29 is 19.4 Å². The molecule has 0 rings (SSSR count). The third kappa shape index (κ3) is 34.6. The second-order valence-corrected chi connectivity index (χ2v) is 12.7. The molecule has 4 heteroatoms. The summed E-state index contributed by atoms with van der Waals surface area (Å²) in [6, 6.07) is 0. The molecule has 0 aromatic carbocycles. The molecular formula is C40H72O4. The van der Waals surface area contributed by atoms with Crippen LogP contribution in [0.15, 0.2) is 36.5 Å². The van der Waals surface area contributed by atoms with Crippen LogP contribution in [0.5, 0.6) is 0 Å². The molecule has 0 spiro atoms. The van der Waals surface area contributed by atoms with Gasteiger partial charge in [-0.3, -0.25) is 9.59 Å². The highest BCUT2D eigenvalue weighted by Gasteiger charge is 2.14. The molecule has 0 aromatic rings. The third-order valence-electron chi connectivity index (χ3n) is 8.38. The Labute approximate surface area is 273 Å². The molecule has 0 aliphatic heterocycles. The molecule has 0 saturated carbocycles. The van der Waals surface area contributed by atoms with Crippen molar-refractivity contribution in [3.63, 3.8) is 0 Å². The van der Waals surface area contributed by atoms with E-state index < -0.39 is 5.97 Å². The van der Waals surface area contributed by atoms with E-state index in [1.165, 1.54) is 96.3 Å². The number of rotatable bonds is 34. The van der Waals surface area contributed by atoms with E-state index in [2.05, 4.69) is 50.3 Å². The Morgan fingerprint density at radius 2 is 0.955 bits per heavy atom. The smallest absolute Gasteiger partial charge is 0.306 e. The van der Waals surface area contributed by atoms with E-state index in [0.717, 1.165) is 77.0 Å². The number of esters is 1. The topological polar surface area (TPSA) is 63.6 Å². The minimum Gasteiger partial charge on any atom is -0.481 e. The lowest BCUT2D eigenvalue weighted by atomic mass is 10.0. The van der Waals surface area contributed by atoms with Gasteiger partial charge in [0.25, 0.3) is 0 Å². The van der Waals surface area contributed by atoms with E-state index in [1.807, 2.05) is 0 Å². The van der Waals surface area contributed by atoms with E-state index in [-0.39, 0.29) is 12.1 Å². The lowest BCUT2D eigenvalue weighted by Gasteiger charge is -2.18. The van der Waals surface area contributed by atoms with Gasteiger partial charge in [0, 0.05) is 12.8 Å². The maximum absolute atomic E-state index is 12.6. The molecule has 1 unspecified atom stereocenters. The summed E-state index contributed by atoms with van der Waals surface area (Å²) in [7, 11) is 0. The zero-order valence-corrected chi connectivity index (χ0v) is 29.2. The highest BCUT2D eigenvalue weighted by atomic mass is 16.5. The Kier molecular flexibility index (Phi) is 34.1. The van der Waals surface area contributed by atoms with Gasteiger partial charge < -0.3 is 9.84 Å². The van der Waals surface area contributed by atoms with Crippen LogP contribution in [-0.2, 0) is 14.3 Å². The van der Waals surface area contributed by atoms with Gasteiger partial charge in [0.15, 0.2) is 0 Å². The van der Waals surface area contributed by atoms with Crippen molar-refractivity contribution >= 4 is 11.9 Å². The molecule has 0 bridgehead atoms. The molecule has 1 atom stereocenters. The number of ether oxygens (including phenoxy) is 1. The minimum absolute atomic E-state index is 0.00966. The number of carbonyl (C=O) groups excluding carboxylic acids is 1. The number of hydrogen-bond acceptors (Lipinski definition) is 3. The molecule has 0 fully saturated rings. The van der Waals surface area contributed by atoms with Crippen LogP contribution in [0, 0.1) is 0 Å². The number of unbranched alkanes of at least 4 members (excludes halogenated alkanes) is 19. The highest BCUT2D eigenvalue weighted by molar-refractivity contribution is 5.69. The maximum Gasteiger partial charge on any atom is 0.306 e. The van der Waals surface area contributed by atoms with Gasteiger partial charge in [-0.05, 0) is 70.6 Å². The van der Waals surface area contributed by atoms with Crippen LogP contribution in [0.3, 0.4) is 0 Å². The first kappa shape index (κ1) is 42.2. The lowest BCUT2D eigenvalue weighted by molar-refractivity contribution is -0.150. The van der Waals surface area contributed by atoms with Gasteiger partial charge in [-0.15, -0.1) is 0 Å². The van der Waals surface area contributed by atoms with Gasteiger partial charge >= 0.3 is 11.9 Å². The molecule has 4 nitrogen and oxygen atoms in total. The molecule has 0 aromatic heterocycles. The maximum atomic E-state index is 12.6. The number of allylic oxidation sites excluding steroid dienone is 6. The molecule has 0 saturated heterocycles. The Morgan fingerprint density at radius 1 is 0.523 bits per heavy atom. The van der Waals surface area contributed by atoms with Crippen molar-refractivity contribution in [2.24, 2.45) is 0 Å². The van der Waals surface area contributed by atoms with Crippen molar-refractivity contribution in [2.75, 3.05) is 0 Å². The van der Waals surface area contributed by atoms with E-state index in [1.54, 1.807) is 0 Å². The van der Waals surface area contributed by atoms with Crippen LogP contribution in [0.1, 0.15) is 200 Å². The summed E-state index contributed by atoms with van der Waals surface area (Å²) >= 11 is 0. The van der Waals surface area contributed by atoms with E-state index in [9.17, 15) is 9.59 Å². The second kappa shape index (κ2) is 35.6. The predicted molar refractivity (Wildman–Crippen MR) is 190 cm³/mol. The van der Waals surface area contributed by atoms with Gasteiger partial charge in [0.05, 0.1) is 0 Å². The fourth-order valence-corrected chi connectivity index (χ4v) is 5.61. The molecule has 44 heavy (non-hydrogen) atoms. The summed E-state index contributed by atoms with van der Waals surface area (Å²) in [6.07, 6.45) is 45.9. The van der Waals surface area contributed by atoms with Crippen LogP contribution >= 0.6 is 0 Å². The Bertz CT molecular complexity index is 708. The molecule has 1 N–H and O–H groups in total. The average molecular weight is 617 g/mol. The zero-order valence-electron chi connectivity index (χ0n) is 29.2. The monoisotopic (exact) mass is 617 g/mol. The third-order valence-corrected chi connectivity index (χ3v) is 8.38. The van der Waals surface area contributed by atoms with Crippen molar-refractivity contribution in [3.05, 3.63) is 36.5 Å². The number of aliphatic carboxylic acids is 1. The first-order chi connectivity index (χ1) is 21.6. The summed E-state index contributed by atoms with van der Waals surface area (Å²) in [5.74, 6) is -0.678. The van der Waals surface area contributed by atoms with Crippen LogP contribution in [-0.4, -0.2) is 23.1 Å². The van der Waals surface area contributed by atoms with Crippen LogP contribution in [0.25, 0.3) is 0 Å². The molecule has 0 aliphatic rings. The second-order valence-electron chi connectivity index (χ2n) is 12.7. The summed E-state index contributed by atoms with van der Waals surface area (Å²) in [4.78, 5) is 23.2.